The number of nitrogens with zero attached hydrogens (tertiary/aromatic N) is 7. The van der Waals surface area contributed by atoms with Gasteiger partial charge in [0.25, 0.3) is 5.91 Å². The predicted octanol–water partition coefficient (Wildman–Crippen LogP) is 5.28. The number of anilines is 2. The van der Waals surface area contributed by atoms with Crippen molar-refractivity contribution in [2.45, 2.75) is 57.3 Å². The molecular weight excluding hydrogens is 652 g/mol. The number of carbonyl (C=O) groups excluding carboxylic acids is 1. The lowest BCUT2D eigenvalue weighted by molar-refractivity contribution is -0.143. The van der Waals surface area contributed by atoms with Crippen LogP contribution in [0.4, 0.5) is 20.3 Å². The second-order valence-electron chi connectivity index (χ2n) is 14.0. The number of aromatic nitrogens is 2. The van der Waals surface area contributed by atoms with Crippen molar-refractivity contribution in [3.05, 3.63) is 64.8 Å². The number of piperazine rings is 1. The van der Waals surface area contributed by atoms with Crippen LogP contribution >= 0.6 is 11.6 Å². The van der Waals surface area contributed by atoms with E-state index in [-0.39, 0.29) is 42.0 Å². The van der Waals surface area contributed by atoms with Crippen LogP contribution in [0.15, 0.2) is 42.7 Å². The molecule has 258 valence electrons. The minimum absolute atomic E-state index is 0.0335. The second kappa shape index (κ2) is 13.3. The first-order valence-corrected chi connectivity index (χ1v) is 17.2. The van der Waals surface area contributed by atoms with Crippen molar-refractivity contribution < 1.29 is 23.0 Å². The summed E-state index contributed by atoms with van der Waals surface area (Å²) in [5, 5.41) is 11.2. The maximum absolute atomic E-state index is 14.7. The number of nitriles is 1. The minimum Gasteiger partial charge on any atom is -0.463 e. The predicted molar refractivity (Wildman–Crippen MR) is 183 cm³/mol. The highest BCUT2D eigenvalue weighted by Crippen LogP contribution is 2.41. The number of carbonyl (C=O) groups is 1. The monoisotopic (exact) mass is 691 g/mol. The molecule has 7 rings (SSSR count). The summed E-state index contributed by atoms with van der Waals surface area (Å²) in [6.45, 7) is 8.99. The largest absolute Gasteiger partial charge is 0.463 e. The first kappa shape index (κ1) is 33.4. The number of hydrogen-bond acceptors (Lipinski definition) is 9. The molecular formula is C36H40ClF2N7O3. The SMILES string of the molecule is C=C(F)C(=O)N1CCN(c2nc(OCC3(CN(C)C4CC4)COC3)nc3c2C[C@H](C)N(c2cccc4ccc(F)c(Cl)c24)C3)CC1CC#N. The van der Waals surface area contributed by atoms with Gasteiger partial charge in [0.05, 0.1) is 54.4 Å². The van der Waals surface area contributed by atoms with Gasteiger partial charge in [0.15, 0.2) is 5.83 Å². The Morgan fingerprint density at radius 2 is 2.04 bits per heavy atom. The molecule has 1 saturated carbocycles. The molecule has 2 aromatic carbocycles. The lowest BCUT2D eigenvalue weighted by Crippen LogP contribution is -2.56. The molecule has 13 heteroatoms. The van der Waals surface area contributed by atoms with Gasteiger partial charge in [-0.05, 0) is 50.8 Å². The molecule has 1 aliphatic carbocycles. The topological polar surface area (TPSA) is 98.1 Å². The summed E-state index contributed by atoms with van der Waals surface area (Å²) in [5.74, 6) is -1.65. The summed E-state index contributed by atoms with van der Waals surface area (Å²) in [5.41, 5.74) is 2.35. The van der Waals surface area contributed by atoms with Crippen molar-refractivity contribution in [1.82, 2.24) is 19.8 Å². The molecule has 4 heterocycles. The van der Waals surface area contributed by atoms with Gasteiger partial charge in [-0.2, -0.15) is 15.2 Å². The number of fused-ring (bicyclic) bond motifs is 2. The standard InChI is InChI=1S/C36H40ClF2N7O3/c1-22-15-27-29(17-46(22)30-6-4-5-24-7-10-28(39)32(37)31(24)30)41-35(49-21-36(19-48-20-36)18-43(3)25-8-9-25)42-33(27)44-13-14-45(34(47)23(2)38)26(16-44)11-12-40/h4-7,10,22,25-26H,2,8-9,11,13-21H2,1,3H3/t22-,26?/m0/s1. The van der Waals surface area contributed by atoms with Crippen LogP contribution in [-0.4, -0.2) is 96.8 Å². The minimum atomic E-state index is -1.05. The summed E-state index contributed by atoms with van der Waals surface area (Å²) in [7, 11) is 2.15. The highest BCUT2D eigenvalue weighted by molar-refractivity contribution is 6.36. The molecule has 3 aromatic rings. The summed E-state index contributed by atoms with van der Waals surface area (Å²) >= 11 is 6.56. The van der Waals surface area contributed by atoms with Gasteiger partial charge in [-0.15, -0.1) is 0 Å². The van der Waals surface area contributed by atoms with Gasteiger partial charge >= 0.3 is 6.01 Å². The highest BCUT2D eigenvalue weighted by Gasteiger charge is 2.43. The molecule has 4 aliphatic rings. The molecule has 2 saturated heterocycles. The van der Waals surface area contributed by atoms with Crippen molar-refractivity contribution in [2.75, 3.05) is 62.8 Å². The van der Waals surface area contributed by atoms with E-state index in [1.54, 1.807) is 6.07 Å². The van der Waals surface area contributed by atoms with Crippen LogP contribution in [0.2, 0.25) is 5.02 Å². The van der Waals surface area contributed by atoms with Gasteiger partial charge in [0.2, 0.25) is 0 Å². The van der Waals surface area contributed by atoms with E-state index >= 15 is 0 Å². The number of benzene rings is 2. The van der Waals surface area contributed by atoms with Gasteiger partial charge in [-0.25, -0.2) is 8.78 Å². The Kier molecular flexibility index (Phi) is 9.11. The molecule has 1 amide bonds. The average Bonchev–Trinajstić information content (AvgIpc) is 3.93. The molecule has 2 atom stereocenters. The molecule has 1 unspecified atom stereocenters. The zero-order chi connectivity index (χ0) is 34.4. The molecule has 49 heavy (non-hydrogen) atoms. The first-order chi connectivity index (χ1) is 23.6. The zero-order valence-corrected chi connectivity index (χ0v) is 28.6. The van der Waals surface area contributed by atoms with Crippen LogP contribution in [0.1, 0.15) is 37.4 Å². The Bertz CT molecular complexity index is 1830. The first-order valence-electron chi connectivity index (χ1n) is 16.8. The van der Waals surface area contributed by atoms with E-state index in [1.165, 1.54) is 23.8 Å². The molecule has 0 N–H and O–H groups in total. The number of rotatable bonds is 10. The van der Waals surface area contributed by atoms with Crippen molar-refractivity contribution in [2.24, 2.45) is 5.41 Å². The maximum atomic E-state index is 14.7. The molecule has 3 fully saturated rings. The maximum Gasteiger partial charge on any atom is 0.318 e. The molecule has 0 bridgehead atoms. The van der Waals surface area contributed by atoms with Gasteiger partial charge in [-0.1, -0.05) is 36.4 Å². The normalized spacial score (nSPS) is 21.7. The van der Waals surface area contributed by atoms with Gasteiger partial charge < -0.3 is 29.1 Å². The number of halogens is 3. The fourth-order valence-electron chi connectivity index (χ4n) is 7.49. The van der Waals surface area contributed by atoms with Crippen LogP contribution in [0.25, 0.3) is 10.8 Å². The fourth-order valence-corrected chi connectivity index (χ4v) is 7.76. The summed E-state index contributed by atoms with van der Waals surface area (Å²) in [6.07, 6.45) is 3.02. The number of amides is 1. The van der Waals surface area contributed by atoms with Gasteiger partial charge in [0.1, 0.15) is 18.2 Å². The van der Waals surface area contributed by atoms with Crippen LogP contribution < -0.4 is 14.5 Å². The third-order valence-electron chi connectivity index (χ3n) is 10.3. The smallest absolute Gasteiger partial charge is 0.318 e. The molecule has 0 spiro atoms. The Morgan fingerprint density at radius 3 is 2.73 bits per heavy atom. The van der Waals surface area contributed by atoms with Crippen LogP contribution in [-0.2, 0) is 22.5 Å². The van der Waals surface area contributed by atoms with Gasteiger partial charge in [-0.3, -0.25) is 4.79 Å². The van der Waals surface area contributed by atoms with Crippen LogP contribution in [0.3, 0.4) is 0 Å². The highest BCUT2D eigenvalue weighted by atomic mass is 35.5. The van der Waals surface area contributed by atoms with Crippen molar-refractivity contribution >= 4 is 39.8 Å². The Balaban J connectivity index is 1.24. The third kappa shape index (κ3) is 6.52. The number of ether oxygens (including phenoxy) is 2. The van der Waals surface area contributed by atoms with E-state index in [4.69, 9.17) is 31.0 Å². The second-order valence-corrected chi connectivity index (χ2v) is 14.3. The lowest BCUT2D eigenvalue weighted by Gasteiger charge is -2.44. The van der Waals surface area contributed by atoms with Crippen LogP contribution in [0.5, 0.6) is 6.01 Å². The molecule has 10 nitrogen and oxygen atoms in total. The quantitative estimate of drug-likeness (QED) is 0.263. The summed E-state index contributed by atoms with van der Waals surface area (Å²) < 4.78 is 40.7. The van der Waals surface area contributed by atoms with Gasteiger partial charge in [0, 0.05) is 54.9 Å². The zero-order valence-electron chi connectivity index (χ0n) is 27.8. The Morgan fingerprint density at radius 1 is 1.24 bits per heavy atom. The summed E-state index contributed by atoms with van der Waals surface area (Å²) in [6, 6.07) is 11.3. The van der Waals surface area contributed by atoms with E-state index in [9.17, 15) is 18.8 Å². The van der Waals surface area contributed by atoms with Crippen LogP contribution in [0, 0.1) is 22.6 Å². The van der Waals surface area contributed by atoms with E-state index in [2.05, 4.69) is 41.3 Å². The Hall–Kier alpha value is -4.05. The molecule has 0 radical (unpaired) electrons. The van der Waals surface area contributed by atoms with E-state index in [0.29, 0.717) is 56.6 Å². The lowest BCUT2D eigenvalue weighted by atomic mass is 9.86. The number of hydrogen-bond donors (Lipinski definition) is 0. The molecule has 3 aliphatic heterocycles. The van der Waals surface area contributed by atoms with E-state index in [0.717, 1.165) is 28.9 Å². The van der Waals surface area contributed by atoms with E-state index < -0.39 is 23.6 Å². The van der Waals surface area contributed by atoms with E-state index in [1.807, 2.05) is 18.2 Å². The Labute approximate surface area is 289 Å². The average molecular weight is 692 g/mol. The molecule has 1 aromatic heterocycles. The van der Waals surface area contributed by atoms with Crippen molar-refractivity contribution in [3.8, 4) is 12.1 Å². The summed E-state index contributed by atoms with van der Waals surface area (Å²) in [4.78, 5) is 30.6. The van der Waals surface area contributed by atoms with Crippen molar-refractivity contribution in [1.29, 1.82) is 5.26 Å². The van der Waals surface area contributed by atoms with Crippen molar-refractivity contribution in [3.63, 3.8) is 0 Å². The third-order valence-corrected chi connectivity index (χ3v) is 10.7. The fraction of sp³-hybridized carbons (Fsp3) is 0.500.